The molecular formula is C24H34N4O4S. The zero-order chi connectivity index (χ0) is 23.7. The Balaban J connectivity index is 2.02. The zero-order valence-electron chi connectivity index (χ0n) is 19.3. The highest BCUT2D eigenvalue weighted by Crippen LogP contribution is 2.38. The summed E-state index contributed by atoms with van der Waals surface area (Å²) in [6.07, 6.45) is 3.63. The molecule has 1 heterocycles. The van der Waals surface area contributed by atoms with Gasteiger partial charge in [0.1, 0.15) is 20.6 Å². The first-order chi connectivity index (χ1) is 15.9. The Labute approximate surface area is 196 Å². The van der Waals surface area contributed by atoms with Crippen LogP contribution in [0.2, 0.25) is 0 Å². The van der Waals surface area contributed by atoms with E-state index >= 15 is 0 Å². The predicted molar refractivity (Wildman–Crippen MR) is 130 cm³/mol. The summed E-state index contributed by atoms with van der Waals surface area (Å²) in [4.78, 5) is 12.6. The number of ether oxygens (including phenoxy) is 2. The topological polar surface area (TPSA) is 113 Å². The van der Waals surface area contributed by atoms with Crippen molar-refractivity contribution in [3.8, 4) is 11.5 Å². The van der Waals surface area contributed by atoms with Crippen molar-refractivity contribution in [2.75, 3.05) is 38.7 Å². The SMILES string of the molecule is CCCCNc1cc(C(=O)NC)cc(S(=N)(=O)NCC2CCOCC2)c1Oc1ccccc1. The number of benzene rings is 2. The number of amides is 1. The molecule has 0 aromatic heterocycles. The molecule has 180 valence electrons. The number of nitrogens with one attached hydrogen (secondary N) is 4. The molecule has 3 rings (SSSR count). The number of carbonyl (C=O) groups excluding carboxylic acids is 1. The average Bonchev–Trinajstić information content (AvgIpc) is 2.84. The number of carbonyl (C=O) groups is 1. The lowest BCUT2D eigenvalue weighted by Gasteiger charge is -2.24. The predicted octanol–water partition coefficient (Wildman–Crippen LogP) is 4.39. The molecule has 0 radical (unpaired) electrons. The Hall–Kier alpha value is -2.62. The minimum atomic E-state index is -3.46. The van der Waals surface area contributed by atoms with E-state index in [0.29, 0.717) is 49.1 Å². The minimum Gasteiger partial charge on any atom is -0.454 e. The molecule has 1 fully saturated rings. The maximum Gasteiger partial charge on any atom is 0.251 e. The van der Waals surface area contributed by atoms with Crippen LogP contribution >= 0.6 is 0 Å². The second-order valence-electron chi connectivity index (χ2n) is 8.09. The molecule has 0 bridgehead atoms. The largest absolute Gasteiger partial charge is 0.454 e. The third kappa shape index (κ3) is 6.93. The molecule has 33 heavy (non-hydrogen) atoms. The maximum absolute atomic E-state index is 13.7. The number of hydrogen-bond donors (Lipinski definition) is 4. The minimum absolute atomic E-state index is 0.151. The molecule has 1 saturated heterocycles. The number of rotatable bonds is 11. The van der Waals surface area contributed by atoms with Gasteiger partial charge in [0.05, 0.1) is 5.69 Å². The molecule has 0 saturated carbocycles. The molecule has 0 spiro atoms. The van der Waals surface area contributed by atoms with Crippen molar-refractivity contribution in [2.24, 2.45) is 5.92 Å². The molecule has 2 aromatic rings. The van der Waals surface area contributed by atoms with E-state index in [1.165, 1.54) is 6.07 Å². The number of para-hydroxylation sites is 1. The van der Waals surface area contributed by atoms with E-state index in [0.717, 1.165) is 25.7 Å². The highest BCUT2D eigenvalue weighted by atomic mass is 32.2. The van der Waals surface area contributed by atoms with Crippen molar-refractivity contribution in [1.29, 1.82) is 4.78 Å². The van der Waals surface area contributed by atoms with Gasteiger partial charge < -0.3 is 20.1 Å². The second-order valence-corrected chi connectivity index (χ2v) is 9.93. The Kier molecular flexibility index (Phi) is 9.11. The standard InChI is InChI=1S/C24H34N4O4S/c1-3-4-12-27-21-15-19(24(29)26-2)16-22(23(21)32-20-8-6-5-7-9-20)33(25,30)28-17-18-10-13-31-14-11-18/h5-9,15-16,18,27H,3-4,10-14,17H2,1-2H3,(H,26,29)(H2,25,28,30). The van der Waals surface area contributed by atoms with Crippen molar-refractivity contribution in [3.63, 3.8) is 0 Å². The Bertz CT molecular complexity index is 1020. The average molecular weight is 475 g/mol. The molecule has 1 amide bonds. The lowest BCUT2D eigenvalue weighted by Crippen LogP contribution is -2.32. The van der Waals surface area contributed by atoms with Crippen molar-refractivity contribution >= 4 is 21.5 Å². The molecular weight excluding hydrogens is 440 g/mol. The van der Waals surface area contributed by atoms with Gasteiger partial charge in [-0.05, 0) is 49.4 Å². The zero-order valence-corrected chi connectivity index (χ0v) is 20.1. The second kappa shape index (κ2) is 12.0. The molecule has 1 atom stereocenters. The summed E-state index contributed by atoms with van der Waals surface area (Å²) in [5.41, 5.74) is 0.857. The summed E-state index contributed by atoms with van der Waals surface area (Å²) < 4.78 is 36.9. The van der Waals surface area contributed by atoms with E-state index < -0.39 is 9.92 Å². The fourth-order valence-electron chi connectivity index (χ4n) is 3.60. The molecule has 1 aliphatic heterocycles. The Morgan fingerprint density at radius 3 is 2.61 bits per heavy atom. The van der Waals surface area contributed by atoms with Crippen LogP contribution in [0.5, 0.6) is 11.5 Å². The lowest BCUT2D eigenvalue weighted by atomic mass is 10.0. The van der Waals surface area contributed by atoms with E-state index in [1.807, 2.05) is 18.2 Å². The fraction of sp³-hybridized carbons (Fsp3) is 0.458. The number of anilines is 1. The molecule has 8 nitrogen and oxygen atoms in total. The van der Waals surface area contributed by atoms with Crippen molar-refractivity contribution in [1.82, 2.24) is 10.0 Å². The van der Waals surface area contributed by atoms with Gasteiger partial charge in [0, 0.05) is 38.9 Å². The van der Waals surface area contributed by atoms with Crippen molar-refractivity contribution in [3.05, 3.63) is 48.0 Å². The van der Waals surface area contributed by atoms with Crippen LogP contribution in [0.4, 0.5) is 5.69 Å². The molecule has 1 aliphatic rings. The van der Waals surface area contributed by atoms with Gasteiger partial charge >= 0.3 is 0 Å². The molecule has 0 aliphatic carbocycles. The van der Waals surface area contributed by atoms with Crippen LogP contribution in [-0.4, -0.2) is 43.5 Å². The van der Waals surface area contributed by atoms with Crippen molar-refractivity contribution < 1.29 is 18.5 Å². The maximum atomic E-state index is 13.7. The van der Waals surface area contributed by atoms with E-state index in [4.69, 9.17) is 14.3 Å². The Morgan fingerprint density at radius 2 is 1.94 bits per heavy atom. The normalized spacial score (nSPS) is 16.1. The van der Waals surface area contributed by atoms with E-state index in [-0.39, 0.29) is 16.7 Å². The highest BCUT2D eigenvalue weighted by molar-refractivity contribution is 7.90. The van der Waals surface area contributed by atoms with Crippen LogP contribution in [0.25, 0.3) is 0 Å². The first kappa shape index (κ1) is 25.0. The fourth-order valence-corrected chi connectivity index (χ4v) is 4.93. The summed E-state index contributed by atoms with van der Waals surface area (Å²) in [6, 6.07) is 12.4. The third-order valence-electron chi connectivity index (χ3n) is 5.58. The van der Waals surface area contributed by atoms with Crippen molar-refractivity contribution in [2.45, 2.75) is 37.5 Å². The van der Waals surface area contributed by atoms with Gasteiger partial charge in [0.15, 0.2) is 5.75 Å². The summed E-state index contributed by atoms with van der Waals surface area (Å²) in [5.74, 6) is 0.822. The van der Waals surface area contributed by atoms with E-state index in [2.05, 4.69) is 22.3 Å². The molecule has 2 aromatic carbocycles. The number of hydrogen-bond acceptors (Lipinski definition) is 6. The van der Waals surface area contributed by atoms with Gasteiger partial charge in [-0.25, -0.2) is 13.7 Å². The Morgan fingerprint density at radius 1 is 1.21 bits per heavy atom. The molecule has 4 N–H and O–H groups in total. The third-order valence-corrected chi connectivity index (χ3v) is 7.07. The number of unbranched alkanes of at least 4 members (excludes halogenated alkanes) is 1. The van der Waals surface area contributed by atoms with Crippen LogP contribution in [0.15, 0.2) is 47.4 Å². The van der Waals surface area contributed by atoms with E-state index in [1.54, 1.807) is 25.2 Å². The van der Waals surface area contributed by atoms with Gasteiger partial charge in [0.25, 0.3) is 5.91 Å². The first-order valence-electron chi connectivity index (χ1n) is 11.4. The van der Waals surface area contributed by atoms with Gasteiger partial charge in [-0.15, -0.1) is 0 Å². The summed E-state index contributed by atoms with van der Waals surface area (Å²) in [6.45, 7) is 4.52. The van der Waals surface area contributed by atoms with Crippen LogP contribution in [0.1, 0.15) is 43.0 Å². The quantitative estimate of drug-likeness (QED) is 0.361. The van der Waals surface area contributed by atoms with Crippen LogP contribution in [0, 0.1) is 10.7 Å². The van der Waals surface area contributed by atoms with Gasteiger partial charge in [-0.2, -0.15) is 0 Å². The smallest absolute Gasteiger partial charge is 0.251 e. The van der Waals surface area contributed by atoms with Gasteiger partial charge in [0.2, 0.25) is 0 Å². The monoisotopic (exact) mass is 474 g/mol. The first-order valence-corrected chi connectivity index (χ1v) is 13.0. The highest BCUT2D eigenvalue weighted by Gasteiger charge is 2.25. The molecule has 9 heteroatoms. The van der Waals surface area contributed by atoms with E-state index in [9.17, 15) is 9.00 Å². The summed E-state index contributed by atoms with van der Waals surface area (Å²) in [7, 11) is -1.92. The van der Waals surface area contributed by atoms with Gasteiger partial charge in [-0.1, -0.05) is 31.5 Å². The van der Waals surface area contributed by atoms with Crippen LogP contribution in [-0.2, 0) is 14.7 Å². The van der Waals surface area contributed by atoms with Crippen LogP contribution < -0.4 is 20.1 Å². The summed E-state index contributed by atoms with van der Waals surface area (Å²) in [5, 5.41) is 5.93. The van der Waals surface area contributed by atoms with Gasteiger partial charge in [-0.3, -0.25) is 4.79 Å². The lowest BCUT2D eigenvalue weighted by molar-refractivity contribution is 0.0678. The van der Waals surface area contributed by atoms with Crippen LogP contribution in [0.3, 0.4) is 0 Å². The summed E-state index contributed by atoms with van der Waals surface area (Å²) >= 11 is 0. The molecule has 1 unspecified atom stereocenters.